The van der Waals surface area contributed by atoms with Crippen molar-refractivity contribution in [2.24, 2.45) is 0 Å². The van der Waals surface area contributed by atoms with Gasteiger partial charge in [0.1, 0.15) is 5.65 Å². The number of benzene rings is 1. The number of fused-ring (bicyclic) bond motifs is 2. The molecule has 0 amide bonds. The number of imidazole rings is 1. The van der Waals surface area contributed by atoms with Crippen molar-refractivity contribution in [1.29, 1.82) is 0 Å². The number of hydrogen-bond acceptors (Lipinski definition) is 3. The first-order chi connectivity index (χ1) is 13.8. The van der Waals surface area contributed by atoms with Crippen molar-refractivity contribution < 1.29 is 0 Å². The third-order valence-electron chi connectivity index (χ3n) is 6.06. The lowest BCUT2D eigenvalue weighted by Gasteiger charge is -2.22. The first kappa shape index (κ1) is 17.4. The van der Waals surface area contributed by atoms with E-state index in [9.17, 15) is 0 Å². The molecule has 1 aliphatic rings. The van der Waals surface area contributed by atoms with E-state index in [1.54, 1.807) is 0 Å². The van der Waals surface area contributed by atoms with Crippen LogP contribution in [0.2, 0.25) is 0 Å². The molecular formula is C24H26N4. The molecule has 0 spiro atoms. The monoisotopic (exact) mass is 370 g/mol. The van der Waals surface area contributed by atoms with Crippen molar-refractivity contribution in [2.45, 2.75) is 38.6 Å². The van der Waals surface area contributed by atoms with Gasteiger partial charge in [0.15, 0.2) is 0 Å². The van der Waals surface area contributed by atoms with Crippen LogP contribution in [0, 0.1) is 0 Å². The summed E-state index contributed by atoms with van der Waals surface area (Å²) in [6.45, 7) is 4.66. The highest BCUT2D eigenvalue weighted by Crippen LogP contribution is 2.24. The minimum Gasteiger partial charge on any atom is -0.306 e. The van der Waals surface area contributed by atoms with Gasteiger partial charge in [-0.15, -0.1) is 0 Å². The maximum Gasteiger partial charge on any atom is 0.137 e. The van der Waals surface area contributed by atoms with Gasteiger partial charge in [0.05, 0.1) is 11.2 Å². The van der Waals surface area contributed by atoms with Gasteiger partial charge in [-0.2, -0.15) is 0 Å². The molecule has 1 aliphatic heterocycles. The molecule has 4 nitrogen and oxygen atoms in total. The quantitative estimate of drug-likeness (QED) is 0.497. The van der Waals surface area contributed by atoms with Crippen molar-refractivity contribution in [3.63, 3.8) is 0 Å². The number of aromatic nitrogens is 3. The molecule has 1 atom stereocenters. The molecule has 4 aromatic rings. The minimum absolute atomic E-state index is 0.769. The standard InChI is InChI=1S/C24H26N4/c1-2-22-6-4-13-27(22)14-11-21-17-28-16-20(8-10-24(28)26-21)18-7-9-23-19(15-18)5-3-12-25-23/h3,5,7-10,12,15-17,22H,2,4,6,11,13-14H2,1H3. The normalized spacial score (nSPS) is 17.7. The summed E-state index contributed by atoms with van der Waals surface area (Å²) in [6, 6.07) is 15.6. The fourth-order valence-corrected chi connectivity index (χ4v) is 4.50. The van der Waals surface area contributed by atoms with E-state index < -0.39 is 0 Å². The zero-order chi connectivity index (χ0) is 18.9. The van der Waals surface area contributed by atoms with Crippen LogP contribution in [0.5, 0.6) is 0 Å². The number of likely N-dealkylation sites (tertiary alicyclic amines) is 1. The van der Waals surface area contributed by atoms with Crippen LogP contribution in [0.3, 0.4) is 0 Å². The maximum atomic E-state index is 4.84. The molecule has 0 radical (unpaired) electrons. The molecule has 4 heteroatoms. The molecule has 1 fully saturated rings. The van der Waals surface area contributed by atoms with E-state index in [0.29, 0.717) is 0 Å². The van der Waals surface area contributed by atoms with Gasteiger partial charge in [-0.3, -0.25) is 4.98 Å². The second kappa shape index (κ2) is 7.36. The summed E-state index contributed by atoms with van der Waals surface area (Å²) in [6.07, 6.45) is 11.2. The van der Waals surface area contributed by atoms with Crippen LogP contribution in [0.15, 0.2) is 61.1 Å². The maximum absolute atomic E-state index is 4.84. The summed E-state index contributed by atoms with van der Waals surface area (Å²) in [7, 11) is 0. The molecule has 4 heterocycles. The molecule has 1 aromatic carbocycles. The molecular weight excluding hydrogens is 344 g/mol. The summed E-state index contributed by atoms with van der Waals surface area (Å²) < 4.78 is 2.17. The number of rotatable bonds is 5. The van der Waals surface area contributed by atoms with Crippen LogP contribution in [-0.4, -0.2) is 38.4 Å². The lowest BCUT2D eigenvalue weighted by atomic mass is 10.1. The van der Waals surface area contributed by atoms with Crippen molar-refractivity contribution in [2.75, 3.05) is 13.1 Å². The molecule has 0 bridgehead atoms. The van der Waals surface area contributed by atoms with Gasteiger partial charge in [-0.05, 0) is 67.3 Å². The van der Waals surface area contributed by atoms with Gasteiger partial charge in [-0.25, -0.2) is 4.98 Å². The summed E-state index contributed by atoms with van der Waals surface area (Å²) in [5, 5.41) is 1.17. The number of pyridine rings is 2. The average Bonchev–Trinajstić information content (AvgIpc) is 3.37. The minimum atomic E-state index is 0.769. The van der Waals surface area contributed by atoms with Crippen LogP contribution in [0.4, 0.5) is 0 Å². The Labute approximate surface area is 165 Å². The van der Waals surface area contributed by atoms with E-state index >= 15 is 0 Å². The lowest BCUT2D eigenvalue weighted by molar-refractivity contribution is 0.251. The van der Waals surface area contributed by atoms with Crippen LogP contribution in [0.1, 0.15) is 31.9 Å². The highest BCUT2D eigenvalue weighted by Gasteiger charge is 2.22. The summed E-state index contributed by atoms with van der Waals surface area (Å²) >= 11 is 0. The van der Waals surface area contributed by atoms with E-state index in [0.717, 1.165) is 30.2 Å². The molecule has 5 rings (SSSR count). The molecule has 0 aliphatic carbocycles. The lowest BCUT2D eigenvalue weighted by Crippen LogP contribution is -2.30. The van der Waals surface area contributed by atoms with Crippen molar-refractivity contribution >= 4 is 16.6 Å². The van der Waals surface area contributed by atoms with Gasteiger partial charge in [0.2, 0.25) is 0 Å². The summed E-state index contributed by atoms with van der Waals surface area (Å²) in [5.74, 6) is 0. The van der Waals surface area contributed by atoms with Crippen LogP contribution in [-0.2, 0) is 6.42 Å². The van der Waals surface area contributed by atoms with Gasteiger partial charge >= 0.3 is 0 Å². The third-order valence-corrected chi connectivity index (χ3v) is 6.06. The van der Waals surface area contributed by atoms with Crippen LogP contribution in [0.25, 0.3) is 27.7 Å². The van der Waals surface area contributed by atoms with Crippen LogP contribution >= 0.6 is 0 Å². The van der Waals surface area contributed by atoms with Gasteiger partial charge in [-0.1, -0.05) is 19.1 Å². The predicted octanol–water partition coefficient (Wildman–Crippen LogP) is 4.97. The van der Waals surface area contributed by atoms with E-state index in [1.165, 1.54) is 48.0 Å². The topological polar surface area (TPSA) is 33.4 Å². The Morgan fingerprint density at radius 2 is 2.00 bits per heavy atom. The Hall–Kier alpha value is -2.72. The van der Waals surface area contributed by atoms with Gasteiger partial charge in [0, 0.05) is 43.0 Å². The molecule has 28 heavy (non-hydrogen) atoms. The van der Waals surface area contributed by atoms with Gasteiger partial charge in [0.25, 0.3) is 0 Å². The molecule has 0 N–H and O–H groups in total. The fourth-order valence-electron chi connectivity index (χ4n) is 4.50. The Morgan fingerprint density at radius 3 is 2.93 bits per heavy atom. The number of nitrogens with zero attached hydrogens (tertiary/aromatic N) is 4. The molecule has 3 aromatic heterocycles. The highest BCUT2D eigenvalue weighted by atomic mass is 15.2. The van der Waals surface area contributed by atoms with Crippen molar-refractivity contribution in [3.05, 3.63) is 66.7 Å². The largest absolute Gasteiger partial charge is 0.306 e. The average molecular weight is 371 g/mol. The molecule has 1 saturated heterocycles. The van der Waals surface area contributed by atoms with E-state index in [-0.39, 0.29) is 0 Å². The summed E-state index contributed by atoms with van der Waals surface area (Å²) in [4.78, 5) is 11.9. The Morgan fingerprint density at radius 1 is 1.07 bits per heavy atom. The molecule has 142 valence electrons. The third kappa shape index (κ3) is 3.29. The molecule has 0 saturated carbocycles. The van der Waals surface area contributed by atoms with Gasteiger partial charge < -0.3 is 9.30 Å². The first-order valence-corrected chi connectivity index (χ1v) is 10.4. The van der Waals surface area contributed by atoms with Crippen molar-refractivity contribution in [1.82, 2.24) is 19.3 Å². The Balaban J connectivity index is 1.38. The van der Waals surface area contributed by atoms with E-state index in [1.807, 2.05) is 12.3 Å². The van der Waals surface area contributed by atoms with E-state index in [2.05, 4.69) is 70.0 Å². The zero-order valence-electron chi connectivity index (χ0n) is 16.4. The Bertz CT molecular complexity index is 1110. The SMILES string of the molecule is CCC1CCCN1CCc1cn2cc(-c3ccc4ncccc4c3)ccc2n1. The van der Waals surface area contributed by atoms with E-state index in [4.69, 9.17) is 4.98 Å². The van der Waals surface area contributed by atoms with Crippen molar-refractivity contribution in [3.8, 4) is 11.1 Å². The second-order valence-electron chi connectivity index (χ2n) is 7.82. The Kier molecular flexibility index (Phi) is 4.57. The predicted molar refractivity (Wildman–Crippen MR) is 115 cm³/mol. The smallest absolute Gasteiger partial charge is 0.137 e. The zero-order valence-corrected chi connectivity index (χ0v) is 16.4. The fraction of sp³-hybridized carbons (Fsp3) is 0.333. The second-order valence-corrected chi connectivity index (χ2v) is 7.82. The van der Waals surface area contributed by atoms with Crippen LogP contribution < -0.4 is 0 Å². The highest BCUT2D eigenvalue weighted by molar-refractivity contribution is 5.84. The summed E-state index contributed by atoms with van der Waals surface area (Å²) in [5.41, 5.74) is 5.65. The molecule has 1 unspecified atom stereocenters. The first-order valence-electron chi connectivity index (χ1n) is 10.4. The number of hydrogen-bond donors (Lipinski definition) is 0.